The van der Waals surface area contributed by atoms with Crippen LogP contribution < -0.4 is 4.74 Å². The third kappa shape index (κ3) is 2.59. The van der Waals surface area contributed by atoms with E-state index < -0.39 is 5.97 Å². The van der Waals surface area contributed by atoms with Gasteiger partial charge in [-0.15, -0.1) is 0 Å². The van der Waals surface area contributed by atoms with Gasteiger partial charge in [0, 0.05) is 6.42 Å². The summed E-state index contributed by atoms with van der Waals surface area (Å²) in [4.78, 5) is 10.7. The third-order valence-electron chi connectivity index (χ3n) is 4.44. The topological polar surface area (TPSA) is 46.5 Å². The van der Waals surface area contributed by atoms with Crippen LogP contribution in [0.5, 0.6) is 5.75 Å². The number of hydrogen-bond donors (Lipinski definition) is 1. The Labute approximate surface area is 130 Å². The van der Waals surface area contributed by atoms with Crippen LogP contribution in [0.3, 0.4) is 0 Å². The Morgan fingerprint density at radius 3 is 2.82 bits per heavy atom. The predicted octanol–water partition coefficient (Wildman–Crippen LogP) is 4.43. The molecule has 0 fully saturated rings. The number of methoxy groups -OCH3 is 1. The van der Waals surface area contributed by atoms with Gasteiger partial charge in [0.15, 0.2) is 0 Å². The SMILES string of the molecule is COc1ccc2c3c(ccc2c1)C(CCCC(=O)O)=C(C)C3. The number of carbonyl (C=O) groups is 1. The van der Waals surface area contributed by atoms with Crippen LogP contribution in [0.25, 0.3) is 16.3 Å². The summed E-state index contributed by atoms with van der Waals surface area (Å²) in [6.07, 6.45) is 2.73. The van der Waals surface area contributed by atoms with Crippen molar-refractivity contribution < 1.29 is 14.6 Å². The molecule has 22 heavy (non-hydrogen) atoms. The van der Waals surface area contributed by atoms with E-state index in [1.807, 2.05) is 6.07 Å². The lowest BCUT2D eigenvalue weighted by atomic mass is 9.96. The normalized spacial score (nSPS) is 13.5. The second-order valence-electron chi connectivity index (χ2n) is 5.86. The fraction of sp³-hybridized carbons (Fsp3) is 0.316. The Morgan fingerprint density at radius 2 is 2.09 bits per heavy atom. The summed E-state index contributed by atoms with van der Waals surface area (Å²) in [6, 6.07) is 10.5. The molecule has 0 aliphatic heterocycles. The number of fused-ring (bicyclic) bond motifs is 3. The summed E-state index contributed by atoms with van der Waals surface area (Å²) in [5.74, 6) is 0.152. The van der Waals surface area contributed by atoms with Crippen molar-refractivity contribution in [3.05, 3.63) is 47.0 Å². The fourth-order valence-corrected chi connectivity index (χ4v) is 3.34. The van der Waals surface area contributed by atoms with E-state index in [-0.39, 0.29) is 6.42 Å². The Morgan fingerprint density at radius 1 is 1.27 bits per heavy atom. The molecule has 114 valence electrons. The average molecular weight is 296 g/mol. The number of allylic oxidation sites excluding steroid dienone is 2. The van der Waals surface area contributed by atoms with Crippen LogP contribution in [0, 0.1) is 0 Å². The minimum atomic E-state index is -0.720. The molecular formula is C19H20O3. The molecular weight excluding hydrogens is 276 g/mol. The number of benzene rings is 2. The van der Waals surface area contributed by atoms with Gasteiger partial charge in [0.25, 0.3) is 0 Å². The molecule has 0 radical (unpaired) electrons. The van der Waals surface area contributed by atoms with Crippen molar-refractivity contribution in [2.75, 3.05) is 7.11 Å². The molecule has 0 unspecified atom stereocenters. The quantitative estimate of drug-likeness (QED) is 0.887. The monoisotopic (exact) mass is 296 g/mol. The van der Waals surface area contributed by atoms with Gasteiger partial charge in [0.05, 0.1) is 7.11 Å². The average Bonchev–Trinajstić information content (AvgIpc) is 2.82. The predicted molar refractivity (Wildman–Crippen MR) is 88.3 cm³/mol. The number of aliphatic carboxylic acids is 1. The molecule has 0 amide bonds. The number of rotatable bonds is 5. The van der Waals surface area contributed by atoms with Crippen LogP contribution in [0.15, 0.2) is 35.9 Å². The van der Waals surface area contributed by atoms with E-state index in [1.54, 1.807) is 7.11 Å². The Balaban J connectivity index is 1.94. The van der Waals surface area contributed by atoms with E-state index in [9.17, 15) is 4.79 Å². The standard InChI is InChI=1S/C19H20O3/c1-12-10-18-16-9-7-14(22-2)11-13(16)6-8-17(18)15(12)4-3-5-19(20)21/h6-9,11H,3-5,10H2,1-2H3,(H,20,21). The second-order valence-corrected chi connectivity index (χ2v) is 5.86. The van der Waals surface area contributed by atoms with Gasteiger partial charge in [-0.3, -0.25) is 4.79 Å². The van der Waals surface area contributed by atoms with E-state index in [1.165, 1.54) is 33.0 Å². The molecule has 1 aliphatic rings. The molecule has 3 rings (SSSR count). The summed E-state index contributed by atoms with van der Waals surface area (Å²) in [6.45, 7) is 2.16. The maximum Gasteiger partial charge on any atom is 0.303 e. The number of carboxylic acid groups (broad SMARTS) is 1. The van der Waals surface area contributed by atoms with Gasteiger partial charge in [0.1, 0.15) is 5.75 Å². The highest BCUT2D eigenvalue weighted by atomic mass is 16.5. The van der Waals surface area contributed by atoms with Crippen molar-refractivity contribution in [1.29, 1.82) is 0 Å². The molecule has 2 aromatic carbocycles. The van der Waals surface area contributed by atoms with E-state index in [0.717, 1.165) is 18.6 Å². The molecule has 0 spiro atoms. The first-order valence-corrected chi connectivity index (χ1v) is 7.60. The Kier molecular flexibility index (Phi) is 3.88. The number of ether oxygens (including phenoxy) is 1. The maximum absolute atomic E-state index is 10.7. The van der Waals surface area contributed by atoms with Crippen molar-refractivity contribution >= 4 is 22.3 Å². The van der Waals surface area contributed by atoms with Crippen LogP contribution in [0.4, 0.5) is 0 Å². The van der Waals surface area contributed by atoms with E-state index in [2.05, 4.69) is 31.2 Å². The van der Waals surface area contributed by atoms with Crippen LogP contribution in [0.2, 0.25) is 0 Å². The molecule has 0 saturated carbocycles. The highest BCUT2D eigenvalue weighted by molar-refractivity contribution is 5.94. The van der Waals surface area contributed by atoms with Crippen molar-refractivity contribution in [3.63, 3.8) is 0 Å². The Hall–Kier alpha value is -2.29. The number of hydrogen-bond acceptors (Lipinski definition) is 2. The first-order valence-electron chi connectivity index (χ1n) is 7.60. The van der Waals surface area contributed by atoms with Crippen LogP contribution in [0.1, 0.15) is 37.3 Å². The van der Waals surface area contributed by atoms with Gasteiger partial charge >= 0.3 is 5.97 Å². The maximum atomic E-state index is 10.7. The Bertz CT molecular complexity index is 772. The number of carboxylic acids is 1. The van der Waals surface area contributed by atoms with Gasteiger partial charge in [-0.2, -0.15) is 0 Å². The highest BCUT2D eigenvalue weighted by Crippen LogP contribution is 2.40. The molecule has 3 nitrogen and oxygen atoms in total. The zero-order valence-electron chi connectivity index (χ0n) is 13.0. The minimum absolute atomic E-state index is 0.233. The summed E-state index contributed by atoms with van der Waals surface area (Å²) in [5.41, 5.74) is 5.35. The molecule has 0 atom stereocenters. The van der Waals surface area contributed by atoms with Crippen molar-refractivity contribution in [2.24, 2.45) is 0 Å². The lowest BCUT2D eigenvalue weighted by Crippen LogP contribution is -1.95. The van der Waals surface area contributed by atoms with Crippen molar-refractivity contribution in [1.82, 2.24) is 0 Å². The summed E-state index contributed by atoms with van der Waals surface area (Å²) >= 11 is 0. The third-order valence-corrected chi connectivity index (χ3v) is 4.44. The second kappa shape index (κ2) is 5.84. The molecule has 1 N–H and O–H groups in total. The van der Waals surface area contributed by atoms with Gasteiger partial charge in [0.2, 0.25) is 0 Å². The van der Waals surface area contributed by atoms with Gasteiger partial charge < -0.3 is 9.84 Å². The van der Waals surface area contributed by atoms with E-state index >= 15 is 0 Å². The van der Waals surface area contributed by atoms with Crippen LogP contribution in [-0.2, 0) is 11.2 Å². The van der Waals surface area contributed by atoms with E-state index in [0.29, 0.717) is 6.42 Å². The lowest BCUT2D eigenvalue weighted by Gasteiger charge is -2.10. The largest absolute Gasteiger partial charge is 0.497 e. The zero-order valence-corrected chi connectivity index (χ0v) is 13.0. The van der Waals surface area contributed by atoms with Crippen molar-refractivity contribution in [2.45, 2.75) is 32.6 Å². The summed E-state index contributed by atoms with van der Waals surface area (Å²) in [7, 11) is 1.68. The molecule has 0 aromatic heterocycles. The molecule has 0 saturated heterocycles. The summed E-state index contributed by atoms with van der Waals surface area (Å²) < 4.78 is 5.29. The minimum Gasteiger partial charge on any atom is -0.497 e. The molecule has 3 heteroatoms. The van der Waals surface area contributed by atoms with Crippen LogP contribution >= 0.6 is 0 Å². The smallest absolute Gasteiger partial charge is 0.303 e. The molecule has 0 bridgehead atoms. The molecule has 2 aromatic rings. The first kappa shape index (κ1) is 14.6. The van der Waals surface area contributed by atoms with E-state index in [4.69, 9.17) is 9.84 Å². The highest BCUT2D eigenvalue weighted by Gasteiger charge is 2.20. The van der Waals surface area contributed by atoms with Gasteiger partial charge in [-0.05, 0) is 65.8 Å². The fourth-order valence-electron chi connectivity index (χ4n) is 3.34. The zero-order chi connectivity index (χ0) is 15.7. The van der Waals surface area contributed by atoms with Gasteiger partial charge in [-0.1, -0.05) is 23.8 Å². The first-order chi connectivity index (χ1) is 10.6. The lowest BCUT2D eigenvalue weighted by molar-refractivity contribution is -0.137. The molecule has 0 heterocycles. The van der Waals surface area contributed by atoms with Crippen molar-refractivity contribution in [3.8, 4) is 5.75 Å². The van der Waals surface area contributed by atoms with Gasteiger partial charge in [-0.25, -0.2) is 0 Å². The summed E-state index contributed by atoms with van der Waals surface area (Å²) in [5, 5.41) is 11.3. The molecule has 1 aliphatic carbocycles. The van der Waals surface area contributed by atoms with Crippen LogP contribution in [-0.4, -0.2) is 18.2 Å².